The van der Waals surface area contributed by atoms with Gasteiger partial charge < -0.3 is 26.2 Å². The lowest BCUT2D eigenvalue weighted by Crippen LogP contribution is -2.47. The average molecular weight is 576 g/mol. The van der Waals surface area contributed by atoms with Gasteiger partial charge in [-0.2, -0.15) is 4.98 Å². The van der Waals surface area contributed by atoms with Gasteiger partial charge in [0.1, 0.15) is 11.6 Å². The van der Waals surface area contributed by atoms with Crippen LogP contribution < -0.4 is 21.3 Å². The number of anilines is 4. The highest BCUT2D eigenvalue weighted by molar-refractivity contribution is 7.17. The molecule has 2 aromatic heterocycles. The van der Waals surface area contributed by atoms with Crippen LogP contribution in [0.1, 0.15) is 39.0 Å². The van der Waals surface area contributed by atoms with Crippen LogP contribution in [0.2, 0.25) is 0 Å². The normalized spacial score (nSPS) is 27.1. The zero-order valence-corrected chi connectivity index (χ0v) is 24.2. The van der Waals surface area contributed by atoms with E-state index in [-0.39, 0.29) is 35.5 Å². The third kappa shape index (κ3) is 5.16. The number of allylic oxidation sites excluding steroid dienone is 1. The zero-order valence-electron chi connectivity index (χ0n) is 23.4. The maximum atomic E-state index is 15.4. The summed E-state index contributed by atoms with van der Waals surface area (Å²) in [4.78, 5) is 26.5. The van der Waals surface area contributed by atoms with E-state index < -0.39 is 0 Å². The van der Waals surface area contributed by atoms with Gasteiger partial charge in [-0.25, -0.2) is 9.37 Å². The lowest BCUT2D eigenvalue weighted by molar-refractivity contribution is -0.122. The first-order valence-corrected chi connectivity index (χ1v) is 15.9. The maximum absolute atomic E-state index is 15.4. The number of aromatic nitrogens is 2. The number of hydrogen-bond donors (Lipinski definition) is 3. The van der Waals surface area contributed by atoms with Crippen molar-refractivity contribution in [3.05, 3.63) is 47.6 Å². The van der Waals surface area contributed by atoms with Crippen molar-refractivity contribution < 1.29 is 9.18 Å². The SMILES string of the molecule is CC1CCN(C2CCN(c3ccc(Nc4nc(NC5C6C=CC(C6)C5C(N)=O)c5sccc5n4)cc3F)CC2)CC1. The fourth-order valence-corrected chi connectivity index (χ4v) is 8.20. The minimum absolute atomic E-state index is 0.102. The number of amides is 1. The lowest BCUT2D eigenvalue weighted by atomic mass is 9.88. The Morgan fingerprint density at radius 2 is 1.83 bits per heavy atom. The van der Waals surface area contributed by atoms with E-state index in [2.05, 4.69) is 44.5 Å². The number of carbonyl (C=O) groups excluding carboxylic acids is 1. The molecule has 4 unspecified atom stereocenters. The highest BCUT2D eigenvalue weighted by atomic mass is 32.1. The third-order valence-corrected chi connectivity index (χ3v) is 10.6. The second-order valence-corrected chi connectivity index (χ2v) is 13.2. The Kier molecular flexibility index (Phi) is 7.06. The van der Waals surface area contributed by atoms with Gasteiger partial charge in [0.15, 0.2) is 0 Å². The molecule has 4 atom stereocenters. The van der Waals surface area contributed by atoms with Crippen molar-refractivity contribution in [3.63, 3.8) is 0 Å². The van der Waals surface area contributed by atoms with Crippen LogP contribution in [0.5, 0.6) is 0 Å². The molecular weight excluding hydrogens is 537 g/mol. The van der Waals surface area contributed by atoms with Crippen molar-refractivity contribution in [1.29, 1.82) is 0 Å². The molecule has 216 valence electrons. The summed E-state index contributed by atoms with van der Waals surface area (Å²) < 4.78 is 16.3. The summed E-state index contributed by atoms with van der Waals surface area (Å²) in [7, 11) is 0. The molecule has 3 aromatic rings. The van der Waals surface area contributed by atoms with Gasteiger partial charge in [0.2, 0.25) is 11.9 Å². The van der Waals surface area contributed by atoms with E-state index >= 15 is 4.39 Å². The van der Waals surface area contributed by atoms with Gasteiger partial charge in [-0.3, -0.25) is 4.79 Å². The Hall–Kier alpha value is -3.24. The van der Waals surface area contributed by atoms with Crippen LogP contribution in [0.15, 0.2) is 41.8 Å². The summed E-state index contributed by atoms with van der Waals surface area (Å²) in [5.74, 6) is 1.53. The summed E-state index contributed by atoms with van der Waals surface area (Å²) >= 11 is 1.55. The highest BCUT2D eigenvalue weighted by Gasteiger charge is 2.47. The van der Waals surface area contributed by atoms with Gasteiger partial charge >= 0.3 is 0 Å². The molecule has 0 spiro atoms. The van der Waals surface area contributed by atoms with Crippen LogP contribution in [0.3, 0.4) is 0 Å². The summed E-state index contributed by atoms with van der Waals surface area (Å²) in [5, 5.41) is 8.73. The molecule has 2 aliphatic heterocycles. The number of nitrogens with two attached hydrogens (primary N) is 1. The number of fused-ring (bicyclic) bond motifs is 3. The van der Waals surface area contributed by atoms with E-state index in [4.69, 9.17) is 10.7 Å². The second kappa shape index (κ2) is 10.9. The lowest BCUT2D eigenvalue weighted by Gasteiger charge is -2.42. The topological polar surface area (TPSA) is 99.4 Å². The molecule has 2 aliphatic carbocycles. The number of benzene rings is 1. The predicted molar refractivity (Wildman–Crippen MR) is 163 cm³/mol. The number of piperidine rings is 2. The molecule has 3 fully saturated rings. The fourth-order valence-electron chi connectivity index (χ4n) is 7.42. The van der Waals surface area contributed by atoms with Gasteiger partial charge in [-0.05, 0) is 92.6 Å². The molecule has 8 nitrogen and oxygen atoms in total. The number of carbonyl (C=O) groups is 1. The predicted octanol–water partition coefficient (Wildman–Crippen LogP) is 5.36. The van der Waals surface area contributed by atoms with Gasteiger partial charge in [0.25, 0.3) is 0 Å². The van der Waals surface area contributed by atoms with Crippen molar-refractivity contribution in [2.24, 2.45) is 29.4 Å². The number of halogens is 1. The Balaban J connectivity index is 1.05. The minimum Gasteiger partial charge on any atom is -0.369 e. The number of hydrogen-bond acceptors (Lipinski definition) is 8. The summed E-state index contributed by atoms with van der Waals surface area (Å²) in [5.41, 5.74) is 7.83. The monoisotopic (exact) mass is 575 g/mol. The Labute approximate surface area is 244 Å². The van der Waals surface area contributed by atoms with Gasteiger partial charge in [-0.1, -0.05) is 19.1 Å². The van der Waals surface area contributed by atoms with E-state index in [1.54, 1.807) is 11.3 Å². The van der Waals surface area contributed by atoms with E-state index in [0.717, 1.165) is 48.5 Å². The first-order valence-electron chi connectivity index (χ1n) is 15.0. The van der Waals surface area contributed by atoms with Crippen LogP contribution in [-0.4, -0.2) is 59.0 Å². The van der Waals surface area contributed by atoms with Crippen molar-refractivity contribution in [3.8, 4) is 0 Å². The van der Waals surface area contributed by atoms with Crippen LogP contribution in [0, 0.1) is 29.5 Å². The van der Waals surface area contributed by atoms with Crippen LogP contribution in [-0.2, 0) is 4.79 Å². The Bertz CT molecular complexity index is 1460. The number of thiophene rings is 1. The summed E-state index contributed by atoms with van der Waals surface area (Å²) in [6.07, 6.45) is 9.94. The molecule has 4 heterocycles. The van der Waals surface area contributed by atoms with E-state index in [9.17, 15) is 4.79 Å². The molecule has 2 saturated heterocycles. The fraction of sp³-hybridized carbons (Fsp3) is 0.516. The molecule has 4 N–H and O–H groups in total. The summed E-state index contributed by atoms with van der Waals surface area (Å²) in [6, 6.07) is 7.75. The van der Waals surface area contributed by atoms with Crippen molar-refractivity contribution in [2.75, 3.05) is 41.7 Å². The van der Waals surface area contributed by atoms with Crippen LogP contribution in [0.4, 0.5) is 27.5 Å². The average Bonchev–Trinajstić information content (AvgIpc) is 3.71. The van der Waals surface area contributed by atoms with Crippen molar-refractivity contribution in [2.45, 2.75) is 51.1 Å². The Morgan fingerprint density at radius 3 is 2.59 bits per heavy atom. The molecule has 7 rings (SSSR count). The van der Waals surface area contributed by atoms with E-state index in [1.807, 2.05) is 23.6 Å². The molecule has 2 bridgehead atoms. The molecule has 10 heteroatoms. The number of likely N-dealkylation sites (tertiary alicyclic amines) is 1. The number of primary amides is 1. The molecule has 1 amide bonds. The van der Waals surface area contributed by atoms with Crippen molar-refractivity contribution >= 4 is 50.6 Å². The Morgan fingerprint density at radius 1 is 1.05 bits per heavy atom. The number of nitrogens with zero attached hydrogens (tertiary/aromatic N) is 4. The smallest absolute Gasteiger partial charge is 0.229 e. The maximum Gasteiger partial charge on any atom is 0.229 e. The van der Waals surface area contributed by atoms with Crippen LogP contribution >= 0.6 is 11.3 Å². The minimum atomic E-state index is -0.282. The third-order valence-electron chi connectivity index (χ3n) is 9.74. The molecule has 1 saturated carbocycles. The number of rotatable bonds is 7. The molecule has 4 aliphatic rings. The molecular formula is C31H38FN7OS. The molecule has 0 radical (unpaired) electrons. The first-order chi connectivity index (χ1) is 19.9. The van der Waals surface area contributed by atoms with Crippen molar-refractivity contribution in [1.82, 2.24) is 14.9 Å². The second-order valence-electron chi connectivity index (χ2n) is 12.3. The van der Waals surface area contributed by atoms with Gasteiger partial charge in [0, 0.05) is 30.9 Å². The zero-order chi connectivity index (χ0) is 28.1. The first kappa shape index (κ1) is 26.6. The van der Waals surface area contributed by atoms with Crippen LogP contribution in [0.25, 0.3) is 10.2 Å². The standard InChI is InChI=1S/C31H38FN7OS/c1-18-6-11-38(12-7-18)22-8-13-39(14-9-22)25-5-4-21(17-23(25)32)34-31-35-24-10-15-41-28(24)30(37-31)36-27-20-3-2-19(16-20)26(27)29(33)40/h2-5,10,15,17-20,22,26-27H,6-9,11-14,16H2,1H3,(H2,33,40)(H2,34,35,36,37). The number of nitrogens with one attached hydrogen (secondary N) is 2. The highest BCUT2D eigenvalue weighted by Crippen LogP contribution is 2.45. The van der Waals surface area contributed by atoms with E-state index in [1.165, 1.54) is 32.0 Å². The van der Waals surface area contributed by atoms with E-state index in [0.29, 0.717) is 29.2 Å². The van der Waals surface area contributed by atoms with Gasteiger partial charge in [-0.15, -0.1) is 11.3 Å². The quantitative estimate of drug-likeness (QED) is 0.326. The molecule has 41 heavy (non-hydrogen) atoms. The summed E-state index contributed by atoms with van der Waals surface area (Å²) in [6.45, 7) is 6.49. The largest absolute Gasteiger partial charge is 0.369 e. The van der Waals surface area contributed by atoms with Gasteiger partial charge in [0.05, 0.1) is 21.8 Å². The molecule has 1 aromatic carbocycles.